The van der Waals surface area contributed by atoms with Gasteiger partial charge in [-0.05, 0) is 62.9 Å². The predicted molar refractivity (Wildman–Crippen MR) is 145 cm³/mol. The van der Waals surface area contributed by atoms with Gasteiger partial charge in [-0.15, -0.1) is 11.3 Å². The summed E-state index contributed by atoms with van der Waals surface area (Å²) in [5.74, 6) is -1.36. The minimum Gasteiger partial charge on any atom is -0.450 e. The Labute approximate surface area is 231 Å². The first-order valence-electron chi connectivity index (χ1n) is 12.8. The van der Waals surface area contributed by atoms with Crippen molar-refractivity contribution in [3.63, 3.8) is 0 Å². The van der Waals surface area contributed by atoms with Gasteiger partial charge in [-0.3, -0.25) is 19.7 Å². The fourth-order valence-electron chi connectivity index (χ4n) is 4.84. The molecule has 11 nitrogen and oxygen atoms in total. The molecule has 0 spiro atoms. The number of amides is 4. The summed E-state index contributed by atoms with van der Waals surface area (Å²) in [6.07, 6.45) is 2.09. The highest BCUT2D eigenvalue weighted by Crippen LogP contribution is 2.37. The van der Waals surface area contributed by atoms with Crippen LogP contribution in [0.25, 0.3) is 0 Å². The van der Waals surface area contributed by atoms with Crippen LogP contribution in [0.3, 0.4) is 0 Å². The lowest BCUT2D eigenvalue weighted by molar-refractivity contribution is -0.129. The van der Waals surface area contributed by atoms with Crippen LogP contribution in [0.4, 0.5) is 9.80 Å². The summed E-state index contributed by atoms with van der Waals surface area (Å²) >= 11 is 1.16. The Kier molecular flexibility index (Phi) is 8.72. The van der Waals surface area contributed by atoms with Crippen LogP contribution in [0, 0.1) is 0 Å². The molecule has 210 valence electrons. The molecule has 39 heavy (non-hydrogen) atoms. The zero-order chi connectivity index (χ0) is 28.3. The second kappa shape index (κ2) is 11.8. The van der Waals surface area contributed by atoms with Gasteiger partial charge in [0.05, 0.1) is 23.6 Å². The first-order chi connectivity index (χ1) is 18.5. The fourth-order valence-corrected chi connectivity index (χ4v) is 7.80. The third kappa shape index (κ3) is 6.15. The van der Waals surface area contributed by atoms with Gasteiger partial charge in [0.1, 0.15) is 5.00 Å². The Hall–Kier alpha value is -3.29. The molecule has 2 aliphatic rings. The Morgan fingerprint density at radius 1 is 1.08 bits per heavy atom. The number of benzene rings is 1. The molecule has 2 N–H and O–H groups in total. The van der Waals surface area contributed by atoms with E-state index in [1.165, 1.54) is 35.5 Å². The van der Waals surface area contributed by atoms with Crippen LogP contribution in [-0.2, 0) is 32.5 Å². The molecule has 13 heteroatoms. The van der Waals surface area contributed by atoms with Crippen molar-refractivity contribution in [2.24, 2.45) is 0 Å². The maximum Gasteiger partial charge on any atom is 0.414 e. The van der Waals surface area contributed by atoms with Gasteiger partial charge in [0, 0.05) is 36.5 Å². The van der Waals surface area contributed by atoms with Gasteiger partial charge in [0.25, 0.3) is 11.8 Å². The molecule has 0 bridgehead atoms. The molecule has 0 saturated carbocycles. The molecular weight excluding hydrogens is 544 g/mol. The van der Waals surface area contributed by atoms with Crippen molar-refractivity contribution >= 4 is 50.2 Å². The summed E-state index contributed by atoms with van der Waals surface area (Å²) in [5.41, 5.74) is 1.01. The first kappa shape index (κ1) is 28.7. The van der Waals surface area contributed by atoms with Crippen molar-refractivity contribution in [1.82, 2.24) is 14.5 Å². The highest BCUT2D eigenvalue weighted by atomic mass is 32.2. The van der Waals surface area contributed by atoms with E-state index in [0.717, 1.165) is 35.5 Å². The van der Waals surface area contributed by atoms with E-state index < -0.39 is 27.9 Å². The molecular formula is C26H32N4O7S2. The molecule has 2 aliphatic heterocycles. The number of anilines is 1. The molecule has 1 aromatic carbocycles. The molecule has 2 aromatic rings. The van der Waals surface area contributed by atoms with E-state index in [1.807, 2.05) is 6.92 Å². The summed E-state index contributed by atoms with van der Waals surface area (Å²) in [4.78, 5) is 52.5. The molecule has 1 saturated heterocycles. The van der Waals surface area contributed by atoms with Gasteiger partial charge in [0.15, 0.2) is 0 Å². The lowest BCUT2D eigenvalue weighted by atomic mass is 10.0. The van der Waals surface area contributed by atoms with E-state index in [-0.39, 0.29) is 46.1 Å². The van der Waals surface area contributed by atoms with Gasteiger partial charge in [-0.2, -0.15) is 4.31 Å². The van der Waals surface area contributed by atoms with Crippen LogP contribution in [0.2, 0.25) is 0 Å². The average Bonchev–Trinajstić information content (AvgIpc) is 3.26. The van der Waals surface area contributed by atoms with E-state index in [0.29, 0.717) is 25.1 Å². The molecule has 4 rings (SSSR count). The van der Waals surface area contributed by atoms with Gasteiger partial charge < -0.3 is 15.0 Å². The average molecular weight is 577 g/mol. The number of imide groups is 1. The number of thiophene rings is 1. The second-order valence-electron chi connectivity index (χ2n) is 9.51. The van der Waals surface area contributed by atoms with Crippen LogP contribution in [0.5, 0.6) is 0 Å². The van der Waals surface area contributed by atoms with Crippen molar-refractivity contribution < 1.29 is 32.3 Å². The van der Waals surface area contributed by atoms with Crippen LogP contribution >= 0.6 is 11.3 Å². The number of carbonyl (C=O) groups excluding carboxylic acids is 4. The second-order valence-corrected chi connectivity index (χ2v) is 12.5. The zero-order valence-corrected chi connectivity index (χ0v) is 23.7. The first-order valence-corrected chi connectivity index (χ1v) is 15.1. The van der Waals surface area contributed by atoms with Gasteiger partial charge in [-0.1, -0.05) is 6.42 Å². The lowest BCUT2D eigenvalue weighted by Crippen LogP contribution is -2.41. The highest BCUT2D eigenvalue weighted by molar-refractivity contribution is 7.89. The monoisotopic (exact) mass is 576 g/mol. The van der Waals surface area contributed by atoms with Crippen molar-refractivity contribution in [3.05, 3.63) is 45.8 Å². The van der Waals surface area contributed by atoms with E-state index in [2.05, 4.69) is 10.6 Å². The minimum absolute atomic E-state index is 0.0837. The Morgan fingerprint density at radius 3 is 2.44 bits per heavy atom. The van der Waals surface area contributed by atoms with Crippen molar-refractivity contribution in [2.45, 2.75) is 63.9 Å². The van der Waals surface area contributed by atoms with Crippen LogP contribution in [0.1, 0.15) is 71.2 Å². The molecule has 1 aromatic heterocycles. The molecule has 1 unspecified atom stereocenters. The van der Waals surface area contributed by atoms with Crippen molar-refractivity contribution in [1.29, 1.82) is 0 Å². The number of carbonyl (C=O) groups is 4. The topological polar surface area (TPSA) is 142 Å². The molecule has 3 heterocycles. The quantitative estimate of drug-likeness (QED) is 0.537. The van der Waals surface area contributed by atoms with E-state index in [9.17, 15) is 27.6 Å². The highest BCUT2D eigenvalue weighted by Gasteiger charge is 2.32. The Bertz CT molecular complexity index is 1390. The number of piperidine rings is 1. The lowest BCUT2D eigenvalue weighted by Gasteiger charge is -2.32. The number of fused-ring (bicyclic) bond motifs is 1. The smallest absolute Gasteiger partial charge is 0.414 e. The maximum absolute atomic E-state index is 13.2. The number of nitrogens with zero attached hydrogens (tertiary/aromatic N) is 2. The largest absolute Gasteiger partial charge is 0.450 e. The van der Waals surface area contributed by atoms with E-state index in [4.69, 9.17) is 4.74 Å². The van der Waals surface area contributed by atoms with E-state index in [1.54, 1.807) is 11.8 Å². The summed E-state index contributed by atoms with van der Waals surface area (Å²) in [7, 11) is -3.69. The zero-order valence-electron chi connectivity index (χ0n) is 22.1. The Morgan fingerprint density at radius 2 is 1.79 bits per heavy atom. The molecule has 1 fully saturated rings. The summed E-state index contributed by atoms with van der Waals surface area (Å²) < 4.78 is 32.6. The van der Waals surface area contributed by atoms with Gasteiger partial charge in [0.2, 0.25) is 15.9 Å². The normalized spacial score (nSPS) is 17.7. The third-order valence-electron chi connectivity index (χ3n) is 6.91. The van der Waals surface area contributed by atoms with Crippen molar-refractivity contribution in [3.8, 4) is 0 Å². The molecule has 4 amide bonds. The summed E-state index contributed by atoms with van der Waals surface area (Å²) in [5, 5.41) is 5.16. The molecule has 1 atom stereocenters. The van der Waals surface area contributed by atoms with Gasteiger partial charge >= 0.3 is 6.09 Å². The number of hydrogen-bond acceptors (Lipinski definition) is 8. The number of alkyl carbamates (subject to hydrolysis) is 1. The maximum atomic E-state index is 13.2. The standard InChI is InChI=1S/C26H32N4O7S2/c1-4-37-26(34)28-24(33)22-20-12-14-29(17(3)31)15-21(20)38-25(22)27-23(32)18-8-10-19(11-9-18)39(35,36)30-13-6-5-7-16(30)2/h8-11,16H,4-7,12-15H2,1-3H3,(H,27,32)(H,28,33,34). The van der Waals surface area contributed by atoms with Crippen LogP contribution < -0.4 is 10.6 Å². The molecule has 0 radical (unpaired) electrons. The number of rotatable bonds is 6. The van der Waals surface area contributed by atoms with Crippen LogP contribution in [0.15, 0.2) is 29.2 Å². The molecule has 0 aliphatic carbocycles. The number of nitrogens with one attached hydrogen (secondary N) is 2. The predicted octanol–water partition coefficient (Wildman–Crippen LogP) is 3.35. The summed E-state index contributed by atoms with van der Waals surface area (Å²) in [6.45, 7) is 6.20. The summed E-state index contributed by atoms with van der Waals surface area (Å²) in [6, 6.07) is 5.59. The van der Waals surface area contributed by atoms with Crippen molar-refractivity contribution in [2.75, 3.05) is 25.0 Å². The third-order valence-corrected chi connectivity index (χ3v) is 10.1. The SMILES string of the molecule is CCOC(=O)NC(=O)c1c(NC(=O)c2ccc(S(=O)(=O)N3CCCCC3C)cc2)sc2c1CCN(C(C)=O)C2. The number of hydrogen-bond donors (Lipinski definition) is 2. The number of sulfonamides is 1. The van der Waals surface area contributed by atoms with Crippen LogP contribution in [-0.4, -0.2) is 67.2 Å². The minimum atomic E-state index is -3.69. The van der Waals surface area contributed by atoms with Gasteiger partial charge in [-0.25, -0.2) is 13.2 Å². The number of ether oxygens (including phenoxy) is 1. The van der Waals surface area contributed by atoms with E-state index >= 15 is 0 Å². The Balaban J connectivity index is 1.58. The fraction of sp³-hybridized carbons (Fsp3) is 0.462.